The van der Waals surface area contributed by atoms with Crippen LogP contribution in [-0.2, 0) is 9.84 Å². The number of aryl methyl sites for hydroxylation is 2. The van der Waals surface area contributed by atoms with Gasteiger partial charge in [-0.05, 0) is 27.2 Å². The van der Waals surface area contributed by atoms with E-state index in [1.54, 1.807) is 0 Å². The maximum Gasteiger partial charge on any atom is 0.191 e. The smallest absolute Gasteiger partial charge is 0.191 e. The van der Waals surface area contributed by atoms with Crippen LogP contribution in [-0.4, -0.2) is 50.2 Å². The monoisotopic (exact) mass is 470 g/mol. The van der Waals surface area contributed by atoms with Gasteiger partial charge in [0.2, 0.25) is 0 Å². The Morgan fingerprint density at radius 1 is 1.46 bits per heavy atom. The summed E-state index contributed by atoms with van der Waals surface area (Å²) in [6, 6.07) is -0.0628. The third-order valence-corrected chi connectivity index (χ3v) is 5.79. The van der Waals surface area contributed by atoms with Crippen LogP contribution >= 0.6 is 24.0 Å². The molecule has 0 aromatic carbocycles. The molecule has 2 atom stereocenters. The molecule has 1 aromatic rings. The summed E-state index contributed by atoms with van der Waals surface area (Å²) >= 11 is 0. The van der Waals surface area contributed by atoms with E-state index in [0.29, 0.717) is 18.9 Å². The van der Waals surface area contributed by atoms with E-state index in [1.807, 2.05) is 20.8 Å². The van der Waals surface area contributed by atoms with Crippen LogP contribution in [0.5, 0.6) is 0 Å². The van der Waals surface area contributed by atoms with E-state index >= 15 is 0 Å². The lowest BCUT2D eigenvalue weighted by Gasteiger charge is -2.17. The fourth-order valence-corrected chi connectivity index (χ4v) is 4.61. The summed E-state index contributed by atoms with van der Waals surface area (Å²) in [5.41, 5.74) is 1.98. The molecule has 0 amide bonds. The van der Waals surface area contributed by atoms with Crippen molar-refractivity contribution >= 4 is 39.8 Å². The van der Waals surface area contributed by atoms with Crippen molar-refractivity contribution in [1.82, 2.24) is 15.8 Å². The zero-order valence-corrected chi connectivity index (χ0v) is 17.8. The lowest BCUT2D eigenvalue weighted by Crippen LogP contribution is -2.44. The first-order valence-corrected chi connectivity index (χ1v) is 9.82. The average Bonchev–Trinajstić information content (AvgIpc) is 2.98. The molecule has 1 aromatic heterocycles. The Bertz CT molecular complexity index is 653. The number of rotatable bonds is 5. The molecule has 9 heteroatoms. The van der Waals surface area contributed by atoms with Gasteiger partial charge in [-0.2, -0.15) is 0 Å². The first-order valence-electron chi connectivity index (χ1n) is 8.00. The Morgan fingerprint density at radius 2 is 2.17 bits per heavy atom. The molecule has 24 heavy (non-hydrogen) atoms. The van der Waals surface area contributed by atoms with E-state index in [1.165, 1.54) is 0 Å². The first kappa shape index (κ1) is 21.2. The minimum atomic E-state index is -2.90. The fourth-order valence-electron chi connectivity index (χ4n) is 2.94. The van der Waals surface area contributed by atoms with E-state index in [-0.39, 0.29) is 47.4 Å². The number of sulfone groups is 1. The molecule has 1 aliphatic rings. The van der Waals surface area contributed by atoms with Crippen LogP contribution in [0.1, 0.15) is 43.2 Å². The van der Waals surface area contributed by atoms with E-state index < -0.39 is 9.84 Å². The zero-order valence-electron chi connectivity index (χ0n) is 14.6. The molecule has 7 nitrogen and oxygen atoms in total. The van der Waals surface area contributed by atoms with Crippen LogP contribution in [0, 0.1) is 13.8 Å². The standard InChI is InChI=1S/C15H26N4O3S.HI/c1-5-16-15(18-13-6-7-23(20,21)9-13)17-8-10(2)14-11(3)19-22-12(14)4;/h10,13H,5-9H2,1-4H3,(H2,16,17,18);1H. The molecule has 1 fully saturated rings. The third kappa shape index (κ3) is 5.61. The Kier molecular flexibility index (Phi) is 7.97. The van der Waals surface area contributed by atoms with Crippen molar-refractivity contribution in [3.8, 4) is 0 Å². The summed E-state index contributed by atoms with van der Waals surface area (Å²) in [6.07, 6.45) is 0.631. The first-order chi connectivity index (χ1) is 10.8. The predicted octanol–water partition coefficient (Wildman–Crippen LogP) is 1.76. The van der Waals surface area contributed by atoms with Crippen molar-refractivity contribution in [3.63, 3.8) is 0 Å². The Morgan fingerprint density at radius 3 is 2.67 bits per heavy atom. The number of aromatic nitrogens is 1. The van der Waals surface area contributed by atoms with Crippen molar-refractivity contribution in [2.24, 2.45) is 4.99 Å². The summed E-state index contributed by atoms with van der Waals surface area (Å²) in [5.74, 6) is 2.10. The van der Waals surface area contributed by atoms with Crippen LogP contribution in [0.4, 0.5) is 0 Å². The minimum absolute atomic E-state index is 0. The van der Waals surface area contributed by atoms with E-state index in [4.69, 9.17) is 4.52 Å². The number of hydrogen-bond donors (Lipinski definition) is 2. The summed E-state index contributed by atoms with van der Waals surface area (Å²) < 4.78 is 28.3. The van der Waals surface area contributed by atoms with Gasteiger partial charge in [-0.3, -0.25) is 4.99 Å². The van der Waals surface area contributed by atoms with Gasteiger partial charge >= 0.3 is 0 Å². The Balaban J connectivity index is 0.00000288. The summed E-state index contributed by atoms with van der Waals surface area (Å²) in [4.78, 5) is 4.59. The van der Waals surface area contributed by atoms with Gasteiger partial charge in [0.1, 0.15) is 5.76 Å². The molecule has 1 aliphatic heterocycles. The molecule has 0 aliphatic carbocycles. The Hall–Kier alpha value is -0.840. The van der Waals surface area contributed by atoms with Gasteiger partial charge in [0.15, 0.2) is 15.8 Å². The second kappa shape index (κ2) is 9.02. The number of guanidine groups is 1. The molecule has 1 saturated heterocycles. The minimum Gasteiger partial charge on any atom is -0.361 e. The number of nitrogens with zero attached hydrogens (tertiary/aromatic N) is 2. The van der Waals surface area contributed by atoms with Crippen LogP contribution in [0.3, 0.4) is 0 Å². The van der Waals surface area contributed by atoms with Gasteiger partial charge in [-0.15, -0.1) is 24.0 Å². The quantitative estimate of drug-likeness (QED) is 0.387. The second-order valence-electron chi connectivity index (χ2n) is 6.10. The lowest BCUT2D eigenvalue weighted by atomic mass is 10.00. The van der Waals surface area contributed by atoms with E-state index in [2.05, 4.69) is 27.7 Å². The highest BCUT2D eigenvalue weighted by molar-refractivity contribution is 14.0. The number of hydrogen-bond acceptors (Lipinski definition) is 5. The van der Waals surface area contributed by atoms with Crippen molar-refractivity contribution in [1.29, 1.82) is 0 Å². The van der Waals surface area contributed by atoms with Crippen molar-refractivity contribution in [3.05, 3.63) is 17.0 Å². The molecule has 0 saturated carbocycles. The van der Waals surface area contributed by atoms with Crippen LogP contribution < -0.4 is 10.6 Å². The maximum absolute atomic E-state index is 11.6. The highest BCUT2D eigenvalue weighted by Gasteiger charge is 2.28. The molecule has 138 valence electrons. The van der Waals surface area contributed by atoms with Crippen molar-refractivity contribution < 1.29 is 12.9 Å². The second-order valence-corrected chi connectivity index (χ2v) is 8.33. The Labute approximate surface area is 161 Å². The van der Waals surface area contributed by atoms with Crippen LogP contribution in [0.2, 0.25) is 0 Å². The largest absolute Gasteiger partial charge is 0.361 e. The maximum atomic E-state index is 11.6. The summed E-state index contributed by atoms with van der Waals surface area (Å²) in [5, 5.41) is 10.4. The van der Waals surface area contributed by atoms with E-state index in [9.17, 15) is 8.42 Å². The molecule has 0 spiro atoms. The van der Waals surface area contributed by atoms with E-state index in [0.717, 1.165) is 23.6 Å². The number of halogens is 1. The van der Waals surface area contributed by atoms with Gasteiger partial charge in [-0.25, -0.2) is 8.42 Å². The highest BCUT2D eigenvalue weighted by atomic mass is 127. The van der Waals surface area contributed by atoms with Crippen LogP contribution in [0.15, 0.2) is 9.52 Å². The third-order valence-electron chi connectivity index (χ3n) is 4.02. The van der Waals surface area contributed by atoms with Crippen molar-refractivity contribution in [2.45, 2.75) is 46.1 Å². The molecule has 2 unspecified atom stereocenters. The normalized spacial score (nSPS) is 21.2. The molecule has 2 rings (SSSR count). The predicted molar refractivity (Wildman–Crippen MR) is 106 cm³/mol. The van der Waals surface area contributed by atoms with Crippen molar-refractivity contribution in [2.75, 3.05) is 24.6 Å². The van der Waals surface area contributed by atoms with Gasteiger partial charge in [0, 0.05) is 30.6 Å². The topological polar surface area (TPSA) is 96.6 Å². The molecule has 2 heterocycles. The highest BCUT2D eigenvalue weighted by Crippen LogP contribution is 2.23. The van der Waals surface area contributed by atoms with Gasteiger partial charge in [0.05, 0.1) is 17.2 Å². The molecular formula is C15H27IN4O3S. The molecular weight excluding hydrogens is 443 g/mol. The molecule has 2 N–H and O–H groups in total. The zero-order chi connectivity index (χ0) is 17.0. The van der Waals surface area contributed by atoms with Gasteiger partial charge in [-0.1, -0.05) is 12.1 Å². The number of nitrogens with one attached hydrogen (secondary N) is 2. The lowest BCUT2D eigenvalue weighted by molar-refractivity contribution is 0.391. The fraction of sp³-hybridized carbons (Fsp3) is 0.733. The molecule has 0 bridgehead atoms. The SMILES string of the molecule is CCNC(=NCC(C)c1c(C)noc1C)NC1CCS(=O)(=O)C1.I. The summed E-state index contributed by atoms with van der Waals surface area (Å²) in [7, 11) is -2.90. The average molecular weight is 470 g/mol. The van der Waals surface area contributed by atoms with Gasteiger partial charge < -0.3 is 15.2 Å². The molecule has 0 radical (unpaired) electrons. The van der Waals surface area contributed by atoms with Crippen LogP contribution in [0.25, 0.3) is 0 Å². The summed E-state index contributed by atoms with van der Waals surface area (Å²) in [6.45, 7) is 9.21. The number of aliphatic imine (C=N–C) groups is 1. The van der Waals surface area contributed by atoms with Gasteiger partial charge in [0.25, 0.3) is 0 Å².